The van der Waals surface area contributed by atoms with E-state index in [1.54, 1.807) is 34.1 Å². The molecule has 0 spiro atoms. The number of carbonyl (C=O) groups is 3. The first-order valence-corrected chi connectivity index (χ1v) is 7.49. The van der Waals surface area contributed by atoms with Crippen molar-refractivity contribution in [2.75, 3.05) is 24.5 Å². The molecular weight excluding hydrogens is 284 g/mol. The molecule has 0 saturated carbocycles. The van der Waals surface area contributed by atoms with Gasteiger partial charge in [-0.15, -0.1) is 0 Å². The summed E-state index contributed by atoms with van der Waals surface area (Å²) < 4.78 is 0. The molecule has 0 radical (unpaired) electrons. The standard InChI is InChI=1S/C16H18N2O4/c19-14-2-1-8-18(14)13-5-3-11(4-6-13)15(20)17-9-7-12(10-17)16(21)22/h3-6,12H,1-2,7-10H2,(H,21,22). The zero-order valence-electron chi connectivity index (χ0n) is 12.2. The predicted molar refractivity (Wildman–Crippen MR) is 79.7 cm³/mol. The smallest absolute Gasteiger partial charge is 0.308 e. The molecule has 2 amide bonds. The average Bonchev–Trinajstić information content (AvgIpc) is 3.15. The molecule has 0 aliphatic carbocycles. The Kier molecular flexibility index (Phi) is 3.83. The van der Waals surface area contributed by atoms with Crippen molar-refractivity contribution in [1.82, 2.24) is 4.90 Å². The van der Waals surface area contributed by atoms with Crippen LogP contribution < -0.4 is 4.90 Å². The Morgan fingerprint density at radius 3 is 2.41 bits per heavy atom. The van der Waals surface area contributed by atoms with Crippen molar-refractivity contribution in [3.8, 4) is 0 Å². The highest BCUT2D eigenvalue weighted by atomic mass is 16.4. The maximum atomic E-state index is 12.4. The van der Waals surface area contributed by atoms with E-state index in [1.807, 2.05) is 0 Å². The van der Waals surface area contributed by atoms with Gasteiger partial charge >= 0.3 is 5.97 Å². The second-order valence-corrected chi connectivity index (χ2v) is 5.77. The monoisotopic (exact) mass is 302 g/mol. The molecule has 22 heavy (non-hydrogen) atoms. The number of amides is 2. The fraction of sp³-hybridized carbons (Fsp3) is 0.438. The highest BCUT2D eigenvalue weighted by Gasteiger charge is 2.31. The van der Waals surface area contributed by atoms with Crippen LogP contribution in [-0.2, 0) is 9.59 Å². The van der Waals surface area contributed by atoms with Gasteiger partial charge in [-0.3, -0.25) is 14.4 Å². The molecule has 116 valence electrons. The normalized spacial score (nSPS) is 21.5. The number of benzene rings is 1. The maximum Gasteiger partial charge on any atom is 0.308 e. The first-order chi connectivity index (χ1) is 10.6. The zero-order chi connectivity index (χ0) is 15.7. The Morgan fingerprint density at radius 2 is 1.86 bits per heavy atom. The number of carboxylic acid groups (broad SMARTS) is 1. The number of carboxylic acids is 1. The predicted octanol–water partition coefficient (Wildman–Crippen LogP) is 1.36. The van der Waals surface area contributed by atoms with Crippen LogP contribution in [0.1, 0.15) is 29.6 Å². The number of hydrogen-bond donors (Lipinski definition) is 1. The highest BCUT2D eigenvalue weighted by Crippen LogP contribution is 2.23. The van der Waals surface area contributed by atoms with Crippen LogP contribution in [0.4, 0.5) is 5.69 Å². The van der Waals surface area contributed by atoms with Gasteiger partial charge in [0, 0.05) is 37.3 Å². The van der Waals surface area contributed by atoms with E-state index in [9.17, 15) is 14.4 Å². The molecule has 0 aromatic heterocycles. The summed E-state index contributed by atoms with van der Waals surface area (Å²) in [5.41, 5.74) is 1.34. The SMILES string of the molecule is O=C(O)C1CCN(C(=O)c2ccc(N3CCCC3=O)cc2)C1. The van der Waals surface area contributed by atoms with Gasteiger partial charge in [-0.1, -0.05) is 0 Å². The third-order valence-corrected chi connectivity index (χ3v) is 4.32. The molecule has 2 heterocycles. The summed E-state index contributed by atoms with van der Waals surface area (Å²) in [4.78, 5) is 38.3. The van der Waals surface area contributed by atoms with Crippen LogP contribution in [0.15, 0.2) is 24.3 Å². The lowest BCUT2D eigenvalue weighted by Crippen LogP contribution is -2.30. The van der Waals surface area contributed by atoms with Crippen LogP contribution in [0.25, 0.3) is 0 Å². The van der Waals surface area contributed by atoms with Gasteiger partial charge in [-0.25, -0.2) is 0 Å². The Morgan fingerprint density at radius 1 is 1.14 bits per heavy atom. The highest BCUT2D eigenvalue weighted by molar-refractivity contribution is 5.97. The maximum absolute atomic E-state index is 12.4. The number of nitrogens with zero attached hydrogens (tertiary/aromatic N) is 2. The van der Waals surface area contributed by atoms with Gasteiger partial charge in [-0.2, -0.15) is 0 Å². The van der Waals surface area contributed by atoms with Crippen LogP contribution in [0.2, 0.25) is 0 Å². The number of aliphatic carboxylic acids is 1. The number of carbonyl (C=O) groups excluding carboxylic acids is 2. The van der Waals surface area contributed by atoms with Gasteiger partial charge in [0.05, 0.1) is 5.92 Å². The zero-order valence-corrected chi connectivity index (χ0v) is 12.2. The van der Waals surface area contributed by atoms with Crippen LogP contribution in [0.3, 0.4) is 0 Å². The minimum atomic E-state index is -0.849. The number of anilines is 1. The summed E-state index contributed by atoms with van der Waals surface area (Å²) in [5, 5.41) is 8.99. The van der Waals surface area contributed by atoms with Crippen LogP contribution in [0, 0.1) is 5.92 Å². The van der Waals surface area contributed by atoms with Gasteiger partial charge in [0.25, 0.3) is 5.91 Å². The third kappa shape index (κ3) is 2.68. The minimum Gasteiger partial charge on any atom is -0.481 e. The van der Waals surface area contributed by atoms with Crippen LogP contribution in [-0.4, -0.2) is 47.4 Å². The van der Waals surface area contributed by atoms with Gasteiger partial charge in [0.2, 0.25) is 5.91 Å². The molecular formula is C16H18N2O4. The molecule has 1 N–H and O–H groups in total. The molecule has 0 bridgehead atoms. The van der Waals surface area contributed by atoms with E-state index in [4.69, 9.17) is 5.11 Å². The second kappa shape index (κ2) is 5.79. The lowest BCUT2D eigenvalue weighted by Gasteiger charge is -2.18. The summed E-state index contributed by atoms with van der Waals surface area (Å²) in [6.07, 6.45) is 1.94. The summed E-state index contributed by atoms with van der Waals surface area (Å²) in [5.74, 6) is -1.35. The summed E-state index contributed by atoms with van der Waals surface area (Å²) in [6.45, 7) is 1.46. The molecule has 2 fully saturated rings. The molecule has 2 aliphatic rings. The lowest BCUT2D eigenvalue weighted by atomic mass is 10.1. The second-order valence-electron chi connectivity index (χ2n) is 5.77. The van der Waals surface area contributed by atoms with E-state index in [1.165, 1.54) is 0 Å². The summed E-state index contributed by atoms with van der Waals surface area (Å²) >= 11 is 0. The fourth-order valence-electron chi connectivity index (χ4n) is 3.03. The van der Waals surface area contributed by atoms with Gasteiger partial charge in [0.15, 0.2) is 0 Å². The molecule has 6 nitrogen and oxygen atoms in total. The molecule has 2 saturated heterocycles. The molecule has 1 atom stereocenters. The van der Waals surface area contributed by atoms with E-state index < -0.39 is 11.9 Å². The Balaban J connectivity index is 1.69. The average molecular weight is 302 g/mol. The van der Waals surface area contributed by atoms with Crippen molar-refractivity contribution in [3.05, 3.63) is 29.8 Å². The van der Waals surface area contributed by atoms with Crippen molar-refractivity contribution in [1.29, 1.82) is 0 Å². The van der Waals surface area contributed by atoms with Crippen molar-refractivity contribution in [3.63, 3.8) is 0 Å². The van der Waals surface area contributed by atoms with Crippen LogP contribution in [0.5, 0.6) is 0 Å². The Hall–Kier alpha value is -2.37. The number of likely N-dealkylation sites (tertiary alicyclic amines) is 1. The molecule has 1 aromatic rings. The van der Waals surface area contributed by atoms with E-state index >= 15 is 0 Å². The summed E-state index contributed by atoms with van der Waals surface area (Å²) in [6, 6.07) is 6.97. The Bertz CT molecular complexity index is 611. The largest absolute Gasteiger partial charge is 0.481 e. The van der Waals surface area contributed by atoms with Crippen molar-refractivity contribution in [2.45, 2.75) is 19.3 Å². The molecule has 1 aromatic carbocycles. The topological polar surface area (TPSA) is 77.9 Å². The van der Waals surface area contributed by atoms with E-state index in [2.05, 4.69) is 0 Å². The van der Waals surface area contributed by atoms with Crippen LogP contribution >= 0.6 is 0 Å². The van der Waals surface area contributed by atoms with Crippen molar-refractivity contribution in [2.24, 2.45) is 5.92 Å². The summed E-state index contributed by atoms with van der Waals surface area (Å²) in [7, 11) is 0. The molecule has 3 rings (SSSR count). The molecule has 2 aliphatic heterocycles. The van der Waals surface area contributed by atoms with Crippen molar-refractivity contribution >= 4 is 23.5 Å². The molecule has 1 unspecified atom stereocenters. The van der Waals surface area contributed by atoms with Gasteiger partial charge < -0.3 is 14.9 Å². The Labute approximate surface area is 128 Å². The quantitative estimate of drug-likeness (QED) is 0.914. The first kappa shape index (κ1) is 14.6. The van der Waals surface area contributed by atoms with E-state index in [-0.39, 0.29) is 18.4 Å². The van der Waals surface area contributed by atoms with E-state index in [0.717, 1.165) is 18.7 Å². The lowest BCUT2D eigenvalue weighted by molar-refractivity contribution is -0.141. The van der Waals surface area contributed by atoms with Crippen molar-refractivity contribution < 1.29 is 19.5 Å². The first-order valence-electron chi connectivity index (χ1n) is 7.49. The molecule has 6 heteroatoms. The fourth-order valence-corrected chi connectivity index (χ4v) is 3.03. The third-order valence-electron chi connectivity index (χ3n) is 4.32. The van der Waals surface area contributed by atoms with E-state index in [0.29, 0.717) is 24.9 Å². The van der Waals surface area contributed by atoms with Gasteiger partial charge in [-0.05, 0) is 37.1 Å². The minimum absolute atomic E-state index is 0.114. The number of hydrogen-bond acceptors (Lipinski definition) is 3. The number of rotatable bonds is 3. The van der Waals surface area contributed by atoms with Gasteiger partial charge in [0.1, 0.15) is 0 Å².